The fourth-order valence-electron chi connectivity index (χ4n) is 3.46. The molecule has 0 spiro atoms. The van der Waals surface area contributed by atoms with E-state index >= 15 is 0 Å². The molecule has 0 bridgehead atoms. The SMILES string of the molecule is FC(F)(F)Oc1ccc(Oc2ccc3c(OCCN4CCCOCC4)ccc(Cl)c3n2)cc1. The average molecular weight is 483 g/mol. The van der Waals surface area contributed by atoms with E-state index in [2.05, 4.69) is 14.6 Å². The first-order chi connectivity index (χ1) is 15.9. The van der Waals surface area contributed by atoms with Crippen LogP contribution in [0, 0.1) is 0 Å². The number of hydrogen-bond acceptors (Lipinski definition) is 6. The van der Waals surface area contributed by atoms with Crippen LogP contribution < -0.4 is 14.2 Å². The molecule has 1 saturated heterocycles. The largest absolute Gasteiger partial charge is 0.573 e. The predicted molar refractivity (Wildman–Crippen MR) is 117 cm³/mol. The number of fused-ring (bicyclic) bond motifs is 1. The number of benzene rings is 2. The van der Waals surface area contributed by atoms with Crippen molar-refractivity contribution >= 4 is 22.5 Å². The van der Waals surface area contributed by atoms with Gasteiger partial charge in [-0.3, -0.25) is 4.90 Å². The Hall–Kier alpha value is -2.75. The number of aromatic nitrogens is 1. The fraction of sp³-hybridized carbons (Fsp3) is 0.348. The molecule has 2 heterocycles. The Morgan fingerprint density at radius 1 is 0.970 bits per heavy atom. The van der Waals surface area contributed by atoms with Gasteiger partial charge in [0.15, 0.2) is 0 Å². The molecule has 1 aliphatic rings. The number of pyridine rings is 1. The second kappa shape index (κ2) is 10.5. The first kappa shape index (κ1) is 23.4. The molecule has 0 aliphatic carbocycles. The van der Waals surface area contributed by atoms with E-state index in [0.717, 1.165) is 44.7 Å². The molecule has 0 radical (unpaired) electrons. The quantitative estimate of drug-likeness (QED) is 0.432. The Morgan fingerprint density at radius 2 is 1.76 bits per heavy atom. The summed E-state index contributed by atoms with van der Waals surface area (Å²) in [7, 11) is 0. The van der Waals surface area contributed by atoms with E-state index in [4.69, 9.17) is 25.8 Å². The van der Waals surface area contributed by atoms with Crippen LogP contribution >= 0.6 is 11.6 Å². The van der Waals surface area contributed by atoms with Gasteiger partial charge in [0, 0.05) is 37.7 Å². The molecule has 0 amide bonds. The molecule has 0 saturated carbocycles. The maximum Gasteiger partial charge on any atom is 0.573 e. The van der Waals surface area contributed by atoms with Crippen molar-refractivity contribution in [3.8, 4) is 23.1 Å². The summed E-state index contributed by atoms with van der Waals surface area (Å²) in [4.78, 5) is 6.76. The van der Waals surface area contributed by atoms with E-state index < -0.39 is 6.36 Å². The number of halogens is 4. The summed E-state index contributed by atoms with van der Waals surface area (Å²) >= 11 is 6.34. The van der Waals surface area contributed by atoms with Crippen molar-refractivity contribution in [2.24, 2.45) is 0 Å². The van der Waals surface area contributed by atoms with Gasteiger partial charge in [0.2, 0.25) is 5.88 Å². The van der Waals surface area contributed by atoms with Crippen LogP contribution in [0.1, 0.15) is 6.42 Å². The normalized spacial score (nSPS) is 15.3. The molecule has 1 aromatic heterocycles. The molecule has 0 unspecified atom stereocenters. The summed E-state index contributed by atoms with van der Waals surface area (Å²) < 4.78 is 57.9. The summed E-state index contributed by atoms with van der Waals surface area (Å²) in [5, 5.41) is 1.17. The molecular formula is C23H22ClF3N2O4. The van der Waals surface area contributed by atoms with Crippen molar-refractivity contribution in [3.05, 3.63) is 53.6 Å². The Labute approximate surface area is 193 Å². The molecule has 3 aromatic rings. The third kappa shape index (κ3) is 6.63. The highest BCUT2D eigenvalue weighted by atomic mass is 35.5. The molecule has 1 aliphatic heterocycles. The molecule has 0 atom stereocenters. The van der Waals surface area contributed by atoms with Crippen LogP contribution in [0.25, 0.3) is 10.9 Å². The maximum absolute atomic E-state index is 12.3. The molecule has 10 heteroatoms. The minimum Gasteiger partial charge on any atom is -0.492 e. The van der Waals surface area contributed by atoms with Crippen molar-refractivity contribution in [1.82, 2.24) is 9.88 Å². The molecule has 0 N–H and O–H groups in total. The third-order valence-corrected chi connectivity index (χ3v) is 5.31. The number of rotatable bonds is 7. The minimum atomic E-state index is -4.75. The topological polar surface area (TPSA) is 53.0 Å². The smallest absolute Gasteiger partial charge is 0.492 e. The maximum atomic E-state index is 12.3. The fourth-order valence-corrected chi connectivity index (χ4v) is 3.67. The highest BCUT2D eigenvalue weighted by Crippen LogP contribution is 2.33. The zero-order valence-electron chi connectivity index (χ0n) is 17.6. The molecule has 2 aromatic carbocycles. The van der Waals surface area contributed by atoms with Gasteiger partial charge in [0.25, 0.3) is 0 Å². The molecule has 4 rings (SSSR count). The van der Waals surface area contributed by atoms with E-state index in [1.165, 1.54) is 24.3 Å². The van der Waals surface area contributed by atoms with E-state index in [1.807, 2.05) is 0 Å². The van der Waals surface area contributed by atoms with Gasteiger partial charge in [-0.1, -0.05) is 11.6 Å². The first-order valence-electron chi connectivity index (χ1n) is 10.4. The molecule has 6 nitrogen and oxygen atoms in total. The summed E-state index contributed by atoms with van der Waals surface area (Å²) in [6.07, 6.45) is -3.74. The van der Waals surface area contributed by atoms with Crippen molar-refractivity contribution in [3.63, 3.8) is 0 Å². The van der Waals surface area contributed by atoms with Gasteiger partial charge in [-0.15, -0.1) is 13.2 Å². The second-order valence-electron chi connectivity index (χ2n) is 7.37. The average Bonchev–Trinajstić information content (AvgIpc) is 3.05. The Balaban J connectivity index is 1.43. The van der Waals surface area contributed by atoms with Crippen LogP contribution in [0.5, 0.6) is 23.1 Å². The highest BCUT2D eigenvalue weighted by molar-refractivity contribution is 6.35. The van der Waals surface area contributed by atoms with Crippen LogP contribution in [0.15, 0.2) is 48.5 Å². The Bertz CT molecular complexity index is 1070. The van der Waals surface area contributed by atoms with Gasteiger partial charge in [-0.05, 0) is 48.9 Å². The number of nitrogens with zero attached hydrogens (tertiary/aromatic N) is 2. The van der Waals surface area contributed by atoms with Crippen LogP contribution in [0.2, 0.25) is 5.02 Å². The molecule has 176 valence electrons. The Morgan fingerprint density at radius 3 is 2.55 bits per heavy atom. The molecule has 33 heavy (non-hydrogen) atoms. The van der Waals surface area contributed by atoms with Gasteiger partial charge >= 0.3 is 6.36 Å². The van der Waals surface area contributed by atoms with E-state index in [0.29, 0.717) is 28.6 Å². The number of alkyl halides is 3. The van der Waals surface area contributed by atoms with Crippen molar-refractivity contribution < 1.29 is 32.1 Å². The van der Waals surface area contributed by atoms with Crippen LogP contribution in [0.3, 0.4) is 0 Å². The lowest BCUT2D eigenvalue weighted by Crippen LogP contribution is -2.30. The zero-order valence-corrected chi connectivity index (χ0v) is 18.4. The second-order valence-corrected chi connectivity index (χ2v) is 7.78. The van der Waals surface area contributed by atoms with Gasteiger partial charge in [-0.25, -0.2) is 4.98 Å². The van der Waals surface area contributed by atoms with Crippen molar-refractivity contribution in [2.75, 3.05) is 39.5 Å². The standard InChI is InChI=1S/C23H22ClF3N2O4/c24-19-7-8-20(31-15-12-29-10-1-13-30-14-11-29)18-6-9-21(28-22(18)19)32-16-2-4-17(5-3-16)33-23(25,26)27/h2-9H,1,10-15H2. The van der Waals surface area contributed by atoms with Crippen LogP contribution in [-0.4, -0.2) is 55.7 Å². The summed E-state index contributed by atoms with van der Waals surface area (Å²) in [5.41, 5.74) is 0.506. The van der Waals surface area contributed by atoms with E-state index in [-0.39, 0.29) is 11.6 Å². The molecular weight excluding hydrogens is 461 g/mol. The summed E-state index contributed by atoms with van der Waals surface area (Å²) in [5.74, 6) is 0.879. The lowest BCUT2D eigenvalue weighted by molar-refractivity contribution is -0.274. The van der Waals surface area contributed by atoms with E-state index in [9.17, 15) is 13.2 Å². The number of hydrogen-bond donors (Lipinski definition) is 0. The highest BCUT2D eigenvalue weighted by Gasteiger charge is 2.31. The predicted octanol–water partition coefficient (Wildman–Crippen LogP) is 5.68. The van der Waals surface area contributed by atoms with Gasteiger partial charge in [-0.2, -0.15) is 0 Å². The monoisotopic (exact) mass is 482 g/mol. The Kier molecular flexibility index (Phi) is 7.42. The van der Waals surface area contributed by atoms with Gasteiger partial charge < -0.3 is 18.9 Å². The van der Waals surface area contributed by atoms with Gasteiger partial charge in [0.05, 0.1) is 17.1 Å². The van der Waals surface area contributed by atoms with Crippen molar-refractivity contribution in [1.29, 1.82) is 0 Å². The summed E-state index contributed by atoms with van der Waals surface area (Å²) in [6, 6.07) is 12.0. The van der Waals surface area contributed by atoms with Crippen molar-refractivity contribution in [2.45, 2.75) is 12.8 Å². The third-order valence-electron chi connectivity index (χ3n) is 5.00. The zero-order chi connectivity index (χ0) is 23.3. The van der Waals surface area contributed by atoms with Crippen LogP contribution in [0.4, 0.5) is 13.2 Å². The lowest BCUT2D eigenvalue weighted by atomic mass is 10.2. The van der Waals surface area contributed by atoms with Crippen LogP contribution in [-0.2, 0) is 4.74 Å². The van der Waals surface area contributed by atoms with Gasteiger partial charge in [0.1, 0.15) is 23.9 Å². The first-order valence-corrected chi connectivity index (χ1v) is 10.8. The number of ether oxygens (including phenoxy) is 4. The minimum absolute atomic E-state index is 0.246. The lowest BCUT2D eigenvalue weighted by Gasteiger charge is -2.19. The molecule has 1 fully saturated rings. The summed E-state index contributed by atoms with van der Waals surface area (Å²) in [6.45, 7) is 4.69. The van der Waals surface area contributed by atoms with E-state index in [1.54, 1.807) is 24.3 Å².